The molecule has 2 aromatic carbocycles. The number of nitrogens with one attached hydrogen (secondary N) is 2. The second-order valence-corrected chi connectivity index (χ2v) is 7.91. The van der Waals surface area contributed by atoms with Gasteiger partial charge in [0.1, 0.15) is 0 Å². The first-order valence-electron chi connectivity index (χ1n) is 8.71. The Balaban J connectivity index is 1.39. The van der Waals surface area contributed by atoms with Gasteiger partial charge in [-0.05, 0) is 48.4 Å². The Labute approximate surface area is 170 Å². The zero-order valence-electron chi connectivity index (χ0n) is 14.5. The molecule has 0 saturated carbocycles. The molecule has 2 heterocycles. The highest BCUT2D eigenvalue weighted by Gasteiger charge is 2.26. The fraction of sp³-hybridized carbons (Fsp3) is 0.200. The third kappa shape index (κ3) is 4.17. The summed E-state index contributed by atoms with van der Waals surface area (Å²) >= 11 is 9.33. The summed E-state index contributed by atoms with van der Waals surface area (Å²) < 4.78 is 0.959. The van der Waals surface area contributed by atoms with Crippen LogP contribution in [0.3, 0.4) is 0 Å². The van der Waals surface area contributed by atoms with E-state index >= 15 is 0 Å². The Bertz CT molecular complexity index is 939. The van der Waals surface area contributed by atoms with Crippen molar-refractivity contribution in [3.05, 3.63) is 69.7 Å². The van der Waals surface area contributed by atoms with E-state index in [2.05, 4.69) is 36.3 Å². The summed E-state index contributed by atoms with van der Waals surface area (Å²) in [5, 5.41) is 11.3. The third-order valence-electron chi connectivity index (χ3n) is 4.67. The predicted molar refractivity (Wildman–Crippen MR) is 111 cm³/mol. The van der Waals surface area contributed by atoms with Crippen LogP contribution in [0.4, 0.5) is 5.82 Å². The number of aromatic nitrogens is 2. The van der Waals surface area contributed by atoms with Crippen molar-refractivity contribution in [2.75, 3.05) is 18.0 Å². The van der Waals surface area contributed by atoms with Gasteiger partial charge in [-0.2, -0.15) is 5.10 Å². The Morgan fingerprint density at radius 3 is 2.67 bits per heavy atom. The van der Waals surface area contributed by atoms with Crippen LogP contribution in [-0.4, -0.2) is 35.2 Å². The molecule has 0 bridgehead atoms. The summed E-state index contributed by atoms with van der Waals surface area (Å²) in [5.41, 5.74) is 2.66. The molecular formula is C20H18BrClN4O. The minimum atomic E-state index is -0.0433. The van der Waals surface area contributed by atoms with Gasteiger partial charge in [0.25, 0.3) is 5.91 Å². The van der Waals surface area contributed by atoms with E-state index in [1.165, 1.54) is 0 Å². The number of anilines is 1. The van der Waals surface area contributed by atoms with Crippen LogP contribution in [0.5, 0.6) is 0 Å². The lowest BCUT2D eigenvalue weighted by Gasteiger charge is -2.16. The minimum Gasteiger partial charge on any atom is -0.353 e. The summed E-state index contributed by atoms with van der Waals surface area (Å²) in [5.74, 6) is 0.846. The average molecular weight is 446 g/mol. The topological polar surface area (TPSA) is 61.0 Å². The van der Waals surface area contributed by atoms with E-state index in [-0.39, 0.29) is 11.9 Å². The largest absolute Gasteiger partial charge is 0.353 e. The number of carbonyl (C=O) groups is 1. The molecule has 1 atom stereocenters. The highest BCUT2D eigenvalue weighted by molar-refractivity contribution is 9.10. The summed E-state index contributed by atoms with van der Waals surface area (Å²) in [6.07, 6.45) is 0.894. The number of carbonyl (C=O) groups excluding carboxylic acids is 1. The van der Waals surface area contributed by atoms with Gasteiger partial charge in [0, 0.05) is 40.3 Å². The number of rotatable bonds is 4. The monoisotopic (exact) mass is 444 g/mol. The lowest BCUT2D eigenvalue weighted by Crippen LogP contribution is -2.37. The smallest absolute Gasteiger partial charge is 0.251 e. The fourth-order valence-electron chi connectivity index (χ4n) is 3.21. The van der Waals surface area contributed by atoms with Crippen molar-refractivity contribution < 1.29 is 4.79 Å². The van der Waals surface area contributed by atoms with Crippen LogP contribution in [0.2, 0.25) is 5.02 Å². The van der Waals surface area contributed by atoms with Crippen molar-refractivity contribution >= 4 is 39.3 Å². The lowest BCUT2D eigenvalue weighted by molar-refractivity contribution is 0.0940. The first kappa shape index (κ1) is 18.1. The maximum absolute atomic E-state index is 12.4. The van der Waals surface area contributed by atoms with Crippen LogP contribution in [0.15, 0.2) is 59.1 Å². The van der Waals surface area contributed by atoms with Crippen LogP contribution in [-0.2, 0) is 0 Å². The number of benzene rings is 2. The molecule has 3 aromatic rings. The van der Waals surface area contributed by atoms with Crippen molar-refractivity contribution in [2.24, 2.45) is 0 Å². The normalized spacial score (nSPS) is 16.5. The molecule has 1 amide bonds. The van der Waals surface area contributed by atoms with Crippen LogP contribution < -0.4 is 10.2 Å². The van der Waals surface area contributed by atoms with Gasteiger partial charge in [-0.15, -0.1) is 0 Å². The number of H-pyrrole nitrogens is 1. The third-order valence-corrected chi connectivity index (χ3v) is 5.45. The molecule has 1 aromatic heterocycles. The molecular weight excluding hydrogens is 428 g/mol. The Hall–Kier alpha value is -2.31. The first-order valence-corrected chi connectivity index (χ1v) is 9.88. The molecule has 1 aliphatic rings. The highest BCUT2D eigenvalue weighted by atomic mass is 79.9. The molecule has 2 N–H and O–H groups in total. The molecule has 0 radical (unpaired) electrons. The maximum Gasteiger partial charge on any atom is 0.251 e. The van der Waals surface area contributed by atoms with Crippen molar-refractivity contribution in [3.63, 3.8) is 0 Å². The Morgan fingerprint density at radius 1 is 1.19 bits per heavy atom. The summed E-state index contributed by atoms with van der Waals surface area (Å²) in [4.78, 5) is 14.6. The van der Waals surface area contributed by atoms with Gasteiger partial charge in [-0.3, -0.25) is 9.89 Å². The summed E-state index contributed by atoms with van der Waals surface area (Å²) in [6, 6.07) is 17.2. The maximum atomic E-state index is 12.4. The van der Waals surface area contributed by atoms with Gasteiger partial charge in [0.15, 0.2) is 5.82 Å². The van der Waals surface area contributed by atoms with E-state index in [9.17, 15) is 4.79 Å². The number of hydrogen-bond acceptors (Lipinski definition) is 3. The SMILES string of the molecule is O=C(N[C@H]1CCN(c2cc(-c3ccc(Cl)cc3)[nH]n2)C1)c1ccc(Br)cc1. The second kappa shape index (κ2) is 7.74. The predicted octanol–water partition coefficient (Wildman–Crippen LogP) is 4.50. The van der Waals surface area contributed by atoms with Crippen molar-refractivity contribution in [2.45, 2.75) is 12.5 Å². The summed E-state index contributed by atoms with van der Waals surface area (Å²) in [7, 11) is 0. The molecule has 7 heteroatoms. The molecule has 4 rings (SSSR count). The lowest BCUT2D eigenvalue weighted by atomic mass is 10.1. The van der Waals surface area contributed by atoms with Gasteiger partial charge < -0.3 is 10.2 Å². The molecule has 0 aliphatic carbocycles. The summed E-state index contributed by atoms with van der Waals surface area (Å²) in [6.45, 7) is 1.60. The molecule has 27 heavy (non-hydrogen) atoms. The average Bonchev–Trinajstić information content (AvgIpc) is 3.32. The molecule has 1 aliphatic heterocycles. The van der Waals surface area contributed by atoms with Crippen LogP contribution in [0.1, 0.15) is 16.8 Å². The van der Waals surface area contributed by atoms with Crippen molar-refractivity contribution in [1.82, 2.24) is 15.5 Å². The van der Waals surface area contributed by atoms with E-state index in [4.69, 9.17) is 11.6 Å². The molecule has 1 saturated heterocycles. The van der Waals surface area contributed by atoms with E-state index < -0.39 is 0 Å². The molecule has 1 fully saturated rings. The Morgan fingerprint density at radius 2 is 1.93 bits per heavy atom. The zero-order valence-corrected chi connectivity index (χ0v) is 16.8. The second-order valence-electron chi connectivity index (χ2n) is 6.56. The number of amides is 1. The van der Waals surface area contributed by atoms with Gasteiger partial charge in [-0.1, -0.05) is 39.7 Å². The minimum absolute atomic E-state index is 0.0433. The highest BCUT2D eigenvalue weighted by Crippen LogP contribution is 2.25. The standard InChI is InChI=1S/C20H18BrClN4O/c21-15-5-1-14(2-6-15)20(27)23-17-9-10-26(12-17)19-11-18(24-25-19)13-3-7-16(22)8-4-13/h1-8,11,17H,9-10,12H2,(H,23,27)(H,24,25)/t17-/m0/s1. The van der Waals surface area contributed by atoms with Gasteiger partial charge in [0.05, 0.1) is 5.69 Å². The van der Waals surface area contributed by atoms with Crippen LogP contribution in [0.25, 0.3) is 11.3 Å². The van der Waals surface area contributed by atoms with Crippen LogP contribution in [0, 0.1) is 0 Å². The van der Waals surface area contributed by atoms with Gasteiger partial charge in [-0.25, -0.2) is 0 Å². The molecule has 138 valence electrons. The molecule has 0 unspecified atom stereocenters. The van der Waals surface area contributed by atoms with E-state index in [0.29, 0.717) is 10.6 Å². The fourth-order valence-corrected chi connectivity index (χ4v) is 3.60. The van der Waals surface area contributed by atoms with Gasteiger partial charge >= 0.3 is 0 Å². The van der Waals surface area contributed by atoms with E-state index in [0.717, 1.165) is 41.1 Å². The van der Waals surface area contributed by atoms with Crippen molar-refractivity contribution in [3.8, 4) is 11.3 Å². The number of halogens is 2. The zero-order chi connectivity index (χ0) is 18.8. The van der Waals surface area contributed by atoms with E-state index in [1.54, 1.807) is 0 Å². The van der Waals surface area contributed by atoms with Crippen LogP contribution >= 0.6 is 27.5 Å². The number of hydrogen-bond donors (Lipinski definition) is 2. The van der Waals surface area contributed by atoms with Gasteiger partial charge in [0.2, 0.25) is 0 Å². The first-order chi connectivity index (χ1) is 13.1. The number of nitrogens with zero attached hydrogens (tertiary/aromatic N) is 2. The van der Waals surface area contributed by atoms with E-state index in [1.807, 2.05) is 54.6 Å². The number of aromatic amines is 1. The Kier molecular flexibility index (Phi) is 5.18. The molecule has 5 nitrogen and oxygen atoms in total. The van der Waals surface area contributed by atoms with Crippen molar-refractivity contribution in [1.29, 1.82) is 0 Å². The molecule has 0 spiro atoms. The quantitative estimate of drug-likeness (QED) is 0.621.